The fraction of sp³-hybridized carbons (Fsp3) is 0.333. The number of primary amides is 1. The van der Waals surface area contributed by atoms with Crippen LogP contribution in [0.2, 0.25) is 0 Å². The van der Waals surface area contributed by atoms with Gasteiger partial charge in [-0.1, -0.05) is 6.07 Å². The molecule has 7 nitrogen and oxygen atoms in total. The third-order valence-corrected chi connectivity index (χ3v) is 2.23. The maximum Gasteiger partial charge on any atom is 0.318 e. The number of benzene rings is 1. The summed E-state index contributed by atoms with van der Waals surface area (Å²) in [6.45, 7) is 0.378. The molecule has 7 heteroatoms. The molecule has 0 saturated heterocycles. The van der Waals surface area contributed by atoms with Crippen LogP contribution in [0, 0.1) is 0 Å². The van der Waals surface area contributed by atoms with Crippen LogP contribution in [0.15, 0.2) is 18.2 Å². The molecule has 0 unspecified atom stereocenters. The molecule has 0 radical (unpaired) electrons. The van der Waals surface area contributed by atoms with E-state index in [0.717, 1.165) is 5.56 Å². The van der Waals surface area contributed by atoms with Crippen molar-refractivity contribution in [2.24, 2.45) is 5.73 Å². The molecule has 104 valence electrons. The van der Waals surface area contributed by atoms with E-state index in [1.807, 2.05) is 18.4 Å². The molecule has 4 N–H and O–H groups in total. The summed E-state index contributed by atoms with van der Waals surface area (Å²) in [4.78, 5) is 21.7. The van der Waals surface area contributed by atoms with Gasteiger partial charge in [-0.15, -0.1) is 0 Å². The molecule has 0 spiro atoms. The molecule has 0 aliphatic carbocycles. The fourth-order valence-electron chi connectivity index (χ4n) is 1.46. The number of carbonyl (C=O) groups excluding carboxylic acids is 2. The summed E-state index contributed by atoms with van der Waals surface area (Å²) < 4.78 is 10.4. The Morgan fingerprint density at radius 2 is 2.05 bits per heavy atom. The second kappa shape index (κ2) is 7.22. The Morgan fingerprint density at radius 3 is 2.63 bits per heavy atom. The normalized spacial score (nSPS) is 9.79. The first-order valence-electron chi connectivity index (χ1n) is 5.60. The molecule has 0 bridgehead atoms. The van der Waals surface area contributed by atoms with E-state index in [0.29, 0.717) is 18.0 Å². The van der Waals surface area contributed by atoms with Crippen LogP contribution in [0.5, 0.6) is 11.5 Å². The highest BCUT2D eigenvalue weighted by Crippen LogP contribution is 2.27. The number of hydrogen-bond donors (Lipinski definition) is 3. The molecule has 0 aliphatic heterocycles. The lowest BCUT2D eigenvalue weighted by molar-refractivity contribution is -0.121. The van der Waals surface area contributed by atoms with Crippen molar-refractivity contribution >= 4 is 11.9 Å². The van der Waals surface area contributed by atoms with Crippen molar-refractivity contribution in [1.29, 1.82) is 0 Å². The molecule has 1 aromatic carbocycles. The fourth-order valence-corrected chi connectivity index (χ4v) is 1.46. The lowest BCUT2D eigenvalue weighted by Crippen LogP contribution is -2.38. The van der Waals surface area contributed by atoms with Crippen LogP contribution >= 0.6 is 0 Å². The molecule has 0 atom stereocenters. The standard InChI is InChI=1S/C12H17N3O4/c1-14-6-8-3-4-9(10(5-8)18-2)19-7-11(16)15-12(13)17/h3-5,14H,6-7H2,1-2H3,(H3,13,15,16,17). The first-order valence-corrected chi connectivity index (χ1v) is 5.60. The van der Waals surface area contributed by atoms with E-state index in [1.54, 1.807) is 12.1 Å². The van der Waals surface area contributed by atoms with Crippen LogP contribution < -0.4 is 25.8 Å². The van der Waals surface area contributed by atoms with Crippen molar-refractivity contribution in [1.82, 2.24) is 10.6 Å². The van der Waals surface area contributed by atoms with E-state index >= 15 is 0 Å². The molecule has 19 heavy (non-hydrogen) atoms. The smallest absolute Gasteiger partial charge is 0.318 e. The van der Waals surface area contributed by atoms with Gasteiger partial charge in [0.15, 0.2) is 18.1 Å². The van der Waals surface area contributed by atoms with Gasteiger partial charge >= 0.3 is 6.03 Å². The zero-order valence-corrected chi connectivity index (χ0v) is 10.9. The molecule has 0 aliphatic rings. The van der Waals surface area contributed by atoms with Gasteiger partial charge in [0.2, 0.25) is 0 Å². The number of methoxy groups -OCH3 is 1. The molecule has 1 aromatic rings. The second-order valence-electron chi connectivity index (χ2n) is 3.72. The molecule has 0 aromatic heterocycles. The maximum atomic E-state index is 11.2. The number of carbonyl (C=O) groups is 2. The largest absolute Gasteiger partial charge is 0.493 e. The van der Waals surface area contributed by atoms with Gasteiger partial charge in [0.25, 0.3) is 5.91 Å². The topological polar surface area (TPSA) is 103 Å². The van der Waals surface area contributed by atoms with Gasteiger partial charge in [0.1, 0.15) is 0 Å². The lowest BCUT2D eigenvalue weighted by atomic mass is 10.2. The zero-order valence-electron chi connectivity index (χ0n) is 10.9. The Hall–Kier alpha value is -2.28. The Bertz CT molecular complexity index is 462. The van der Waals surface area contributed by atoms with Gasteiger partial charge in [-0.05, 0) is 24.7 Å². The van der Waals surface area contributed by atoms with Crippen LogP contribution in [0.1, 0.15) is 5.56 Å². The number of nitrogens with two attached hydrogens (primary N) is 1. The van der Waals surface area contributed by atoms with Gasteiger partial charge < -0.3 is 20.5 Å². The van der Waals surface area contributed by atoms with Gasteiger partial charge in [-0.25, -0.2) is 4.79 Å². The van der Waals surface area contributed by atoms with Gasteiger partial charge in [0.05, 0.1) is 7.11 Å². The number of ether oxygens (including phenoxy) is 2. The van der Waals surface area contributed by atoms with E-state index < -0.39 is 11.9 Å². The third kappa shape index (κ3) is 4.84. The predicted octanol–water partition coefficient (Wildman–Crippen LogP) is -0.0117. The highest BCUT2D eigenvalue weighted by molar-refractivity contribution is 5.94. The molecule has 0 saturated carbocycles. The van der Waals surface area contributed by atoms with Crippen LogP contribution in [0.3, 0.4) is 0 Å². The summed E-state index contributed by atoms with van der Waals surface area (Å²) in [5.74, 6) is 0.315. The average Bonchev–Trinajstić information content (AvgIpc) is 2.36. The van der Waals surface area contributed by atoms with Crippen LogP contribution in [0.4, 0.5) is 4.79 Å². The van der Waals surface area contributed by atoms with E-state index in [1.165, 1.54) is 7.11 Å². The van der Waals surface area contributed by atoms with Crippen LogP contribution in [0.25, 0.3) is 0 Å². The second-order valence-corrected chi connectivity index (χ2v) is 3.72. The van der Waals surface area contributed by atoms with Crippen molar-refractivity contribution in [3.05, 3.63) is 23.8 Å². The Labute approximate surface area is 111 Å². The summed E-state index contributed by atoms with van der Waals surface area (Å²) in [7, 11) is 3.35. The SMILES string of the molecule is CNCc1ccc(OCC(=O)NC(N)=O)c(OC)c1. The van der Waals surface area contributed by atoms with Crippen molar-refractivity contribution in [3.8, 4) is 11.5 Å². The zero-order chi connectivity index (χ0) is 14.3. The Balaban J connectivity index is 2.67. The highest BCUT2D eigenvalue weighted by Gasteiger charge is 2.09. The number of amides is 3. The van der Waals surface area contributed by atoms with Gasteiger partial charge in [0, 0.05) is 6.54 Å². The summed E-state index contributed by atoms with van der Waals surface area (Å²) >= 11 is 0. The lowest BCUT2D eigenvalue weighted by Gasteiger charge is -2.11. The molecule has 3 amide bonds. The van der Waals surface area contributed by atoms with Crippen molar-refractivity contribution in [3.63, 3.8) is 0 Å². The van der Waals surface area contributed by atoms with Crippen molar-refractivity contribution in [2.45, 2.75) is 6.54 Å². The number of nitrogens with one attached hydrogen (secondary N) is 2. The molecular formula is C12H17N3O4. The van der Waals surface area contributed by atoms with Crippen molar-refractivity contribution < 1.29 is 19.1 Å². The number of imide groups is 1. The minimum absolute atomic E-state index is 0.315. The van der Waals surface area contributed by atoms with E-state index in [2.05, 4.69) is 5.32 Å². The third-order valence-electron chi connectivity index (χ3n) is 2.23. The number of urea groups is 1. The minimum Gasteiger partial charge on any atom is -0.493 e. The summed E-state index contributed by atoms with van der Waals surface area (Å²) in [5.41, 5.74) is 5.84. The monoisotopic (exact) mass is 267 g/mol. The highest BCUT2D eigenvalue weighted by atomic mass is 16.5. The Kier molecular flexibility index (Phi) is 5.62. The summed E-state index contributed by atoms with van der Waals surface area (Å²) in [6, 6.07) is 4.44. The molecular weight excluding hydrogens is 250 g/mol. The first kappa shape index (κ1) is 14.8. The van der Waals surface area contributed by atoms with E-state index in [4.69, 9.17) is 15.2 Å². The molecule has 0 fully saturated rings. The minimum atomic E-state index is -0.912. The van der Waals surface area contributed by atoms with E-state index in [9.17, 15) is 9.59 Å². The van der Waals surface area contributed by atoms with Crippen LogP contribution in [-0.2, 0) is 11.3 Å². The quantitative estimate of drug-likeness (QED) is 0.672. The Morgan fingerprint density at radius 1 is 1.32 bits per heavy atom. The predicted molar refractivity (Wildman–Crippen MR) is 69.0 cm³/mol. The number of hydrogen-bond acceptors (Lipinski definition) is 5. The maximum absolute atomic E-state index is 11.2. The van der Waals surface area contributed by atoms with Gasteiger partial charge in [-0.3, -0.25) is 10.1 Å². The molecule has 0 heterocycles. The summed E-state index contributed by atoms with van der Waals surface area (Å²) in [6.07, 6.45) is 0. The first-order chi connectivity index (χ1) is 9.06. The van der Waals surface area contributed by atoms with Crippen molar-refractivity contribution in [2.75, 3.05) is 20.8 Å². The number of rotatable bonds is 6. The average molecular weight is 267 g/mol. The molecule has 1 rings (SSSR count). The van der Waals surface area contributed by atoms with Gasteiger partial charge in [-0.2, -0.15) is 0 Å². The van der Waals surface area contributed by atoms with Crippen LogP contribution in [-0.4, -0.2) is 32.7 Å². The van der Waals surface area contributed by atoms with E-state index in [-0.39, 0.29) is 6.61 Å². The summed E-state index contributed by atoms with van der Waals surface area (Å²) in [5, 5.41) is 4.92.